The maximum atomic E-state index is 12.5. The molecule has 0 aliphatic heterocycles. The lowest BCUT2D eigenvalue weighted by molar-refractivity contribution is -0.113. The Morgan fingerprint density at radius 3 is 2.81 bits per heavy atom. The van der Waals surface area contributed by atoms with Crippen LogP contribution >= 0.6 is 23.4 Å². The summed E-state index contributed by atoms with van der Waals surface area (Å²) in [6.45, 7) is 0.432. The van der Waals surface area contributed by atoms with Crippen LogP contribution in [0.2, 0.25) is 5.02 Å². The SMILES string of the molecule is COc1cccc(NC(=O)CSc2nnc(-c3cccc(Cl)c3)n2Cc2ccco2)c1. The number of hydrogen-bond donors (Lipinski definition) is 1. The monoisotopic (exact) mass is 454 g/mol. The normalized spacial score (nSPS) is 10.8. The standard InChI is InChI=1S/C22H19ClN4O3S/c1-29-18-8-3-7-17(12-18)24-20(28)14-31-22-26-25-21(15-5-2-6-16(23)11-15)27(22)13-19-9-4-10-30-19/h2-12H,13-14H2,1H3,(H,24,28). The first kappa shape index (κ1) is 21.0. The highest BCUT2D eigenvalue weighted by Crippen LogP contribution is 2.27. The van der Waals surface area contributed by atoms with Gasteiger partial charge in [0.25, 0.3) is 0 Å². The van der Waals surface area contributed by atoms with Crippen molar-refractivity contribution in [2.75, 3.05) is 18.2 Å². The third-order valence-electron chi connectivity index (χ3n) is 4.38. The van der Waals surface area contributed by atoms with Crippen molar-refractivity contribution in [1.29, 1.82) is 0 Å². The molecular weight excluding hydrogens is 436 g/mol. The Hall–Kier alpha value is -3.23. The van der Waals surface area contributed by atoms with E-state index < -0.39 is 0 Å². The number of hydrogen-bond acceptors (Lipinski definition) is 6. The molecule has 0 saturated carbocycles. The van der Waals surface area contributed by atoms with E-state index in [0.29, 0.717) is 34.0 Å². The summed E-state index contributed by atoms with van der Waals surface area (Å²) in [5, 5.41) is 12.7. The van der Waals surface area contributed by atoms with Gasteiger partial charge in [-0.1, -0.05) is 41.6 Å². The molecule has 0 radical (unpaired) electrons. The van der Waals surface area contributed by atoms with Gasteiger partial charge in [0.05, 0.1) is 25.7 Å². The fraction of sp³-hybridized carbons (Fsp3) is 0.136. The summed E-state index contributed by atoms with van der Waals surface area (Å²) in [6, 6.07) is 18.3. The Morgan fingerprint density at radius 2 is 2.03 bits per heavy atom. The lowest BCUT2D eigenvalue weighted by Gasteiger charge is -2.10. The molecule has 4 rings (SSSR count). The highest BCUT2D eigenvalue weighted by Gasteiger charge is 2.17. The number of rotatable bonds is 8. The molecule has 9 heteroatoms. The zero-order valence-electron chi connectivity index (χ0n) is 16.6. The molecule has 2 heterocycles. The van der Waals surface area contributed by atoms with Gasteiger partial charge in [-0.2, -0.15) is 0 Å². The van der Waals surface area contributed by atoms with Gasteiger partial charge in [-0.15, -0.1) is 10.2 Å². The van der Waals surface area contributed by atoms with E-state index in [4.69, 9.17) is 20.8 Å². The van der Waals surface area contributed by atoms with Gasteiger partial charge in [-0.3, -0.25) is 9.36 Å². The molecule has 1 amide bonds. The average Bonchev–Trinajstić information content (AvgIpc) is 3.43. The fourth-order valence-corrected chi connectivity index (χ4v) is 3.89. The third-order valence-corrected chi connectivity index (χ3v) is 5.58. The molecule has 0 bridgehead atoms. The molecule has 158 valence electrons. The van der Waals surface area contributed by atoms with E-state index >= 15 is 0 Å². The van der Waals surface area contributed by atoms with E-state index in [1.165, 1.54) is 11.8 Å². The number of furan rings is 1. The average molecular weight is 455 g/mol. The zero-order valence-corrected chi connectivity index (χ0v) is 18.2. The summed E-state index contributed by atoms with van der Waals surface area (Å²) in [5.74, 6) is 2.09. The number of ether oxygens (including phenoxy) is 1. The topological polar surface area (TPSA) is 82.2 Å². The molecule has 2 aromatic heterocycles. The van der Waals surface area contributed by atoms with Gasteiger partial charge in [-0.25, -0.2) is 0 Å². The molecule has 0 atom stereocenters. The summed E-state index contributed by atoms with van der Waals surface area (Å²) in [6.07, 6.45) is 1.62. The van der Waals surface area contributed by atoms with Gasteiger partial charge in [0.1, 0.15) is 11.5 Å². The van der Waals surface area contributed by atoms with Crippen LogP contribution in [0.25, 0.3) is 11.4 Å². The number of methoxy groups -OCH3 is 1. The van der Waals surface area contributed by atoms with Crippen molar-refractivity contribution in [2.24, 2.45) is 0 Å². The number of carbonyl (C=O) groups is 1. The molecule has 0 fully saturated rings. The molecule has 0 aliphatic rings. The van der Waals surface area contributed by atoms with Crippen LogP contribution in [-0.4, -0.2) is 33.5 Å². The lowest BCUT2D eigenvalue weighted by Crippen LogP contribution is -2.14. The quantitative estimate of drug-likeness (QED) is 0.378. The second-order valence-electron chi connectivity index (χ2n) is 6.55. The highest BCUT2D eigenvalue weighted by atomic mass is 35.5. The summed E-state index contributed by atoms with van der Waals surface area (Å²) in [7, 11) is 1.58. The molecule has 0 saturated heterocycles. The van der Waals surface area contributed by atoms with Crippen LogP contribution in [0, 0.1) is 0 Å². The second-order valence-corrected chi connectivity index (χ2v) is 7.93. The van der Waals surface area contributed by atoms with E-state index in [1.807, 2.05) is 53.1 Å². The van der Waals surface area contributed by atoms with Gasteiger partial charge >= 0.3 is 0 Å². The Bertz CT molecular complexity index is 1180. The molecular formula is C22H19ClN4O3S. The Kier molecular flexibility index (Phi) is 6.59. The van der Waals surface area contributed by atoms with Crippen molar-refractivity contribution in [2.45, 2.75) is 11.7 Å². The van der Waals surface area contributed by atoms with Crippen molar-refractivity contribution in [3.05, 3.63) is 77.7 Å². The molecule has 1 N–H and O–H groups in total. The number of thioether (sulfide) groups is 1. The number of benzene rings is 2. The first-order valence-electron chi connectivity index (χ1n) is 9.40. The van der Waals surface area contributed by atoms with Crippen LogP contribution in [0.3, 0.4) is 0 Å². The molecule has 2 aromatic carbocycles. The predicted octanol–water partition coefficient (Wildman–Crippen LogP) is 4.98. The van der Waals surface area contributed by atoms with E-state index in [0.717, 1.165) is 11.3 Å². The molecule has 0 spiro atoms. The van der Waals surface area contributed by atoms with E-state index in [1.54, 1.807) is 25.5 Å². The fourth-order valence-electron chi connectivity index (χ4n) is 2.97. The Morgan fingerprint density at radius 1 is 1.16 bits per heavy atom. The smallest absolute Gasteiger partial charge is 0.234 e. The lowest BCUT2D eigenvalue weighted by atomic mass is 10.2. The van der Waals surface area contributed by atoms with Crippen molar-refractivity contribution >= 4 is 35.0 Å². The van der Waals surface area contributed by atoms with Crippen LogP contribution in [0.1, 0.15) is 5.76 Å². The molecule has 0 aliphatic carbocycles. The van der Waals surface area contributed by atoms with Crippen molar-refractivity contribution in [1.82, 2.24) is 14.8 Å². The Balaban J connectivity index is 1.52. The van der Waals surface area contributed by atoms with Gasteiger partial charge in [0.2, 0.25) is 5.91 Å². The third kappa shape index (κ3) is 5.28. The van der Waals surface area contributed by atoms with E-state index in [-0.39, 0.29) is 11.7 Å². The van der Waals surface area contributed by atoms with Gasteiger partial charge < -0.3 is 14.5 Å². The van der Waals surface area contributed by atoms with Crippen LogP contribution in [-0.2, 0) is 11.3 Å². The van der Waals surface area contributed by atoms with Gasteiger partial charge in [0.15, 0.2) is 11.0 Å². The van der Waals surface area contributed by atoms with Crippen molar-refractivity contribution in [3.8, 4) is 17.1 Å². The molecule has 4 aromatic rings. The van der Waals surface area contributed by atoms with Crippen LogP contribution < -0.4 is 10.1 Å². The highest BCUT2D eigenvalue weighted by molar-refractivity contribution is 7.99. The van der Waals surface area contributed by atoms with Crippen LogP contribution in [0.15, 0.2) is 76.5 Å². The molecule has 0 unspecified atom stereocenters. The van der Waals surface area contributed by atoms with Crippen LogP contribution in [0.4, 0.5) is 5.69 Å². The van der Waals surface area contributed by atoms with Gasteiger partial charge in [0, 0.05) is 22.3 Å². The zero-order chi connectivity index (χ0) is 21.6. The first-order valence-corrected chi connectivity index (χ1v) is 10.8. The first-order chi connectivity index (χ1) is 15.1. The van der Waals surface area contributed by atoms with Crippen LogP contribution in [0.5, 0.6) is 5.75 Å². The predicted molar refractivity (Wildman–Crippen MR) is 121 cm³/mol. The molecule has 7 nitrogen and oxygen atoms in total. The summed E-state index contributed by atoms with van der Waals surface area (Å²) in [4.78, 5) is 12.5. The van der Waals surface area contributed by atoms with Crippen molar-refractivity contribution < 1.29 is 13.9 Å². The minimum Gasteiger partial charge on any atom is -0.497 e. The number of carbonyl (C=O) groups excluding carboxylic acids is 1. The number of nitrogens with zero attached hydrogens (tertiary/aromatic N) is 3. The van der Waals surface area contributed by atoms with E-state index in [2.05, 4.69) is 15.5 Å². The van der Waals surface area contributed by atoms with Gasteiger partial charge in [-0.05, 0) is 36.4 Å². The van der Waals surface area contributed by atoms with Crippen molar-refractivity contribution in [3.63, 3.8) is 0 Å². The number of nitrogens with one attached hydrogen (secondary N) is 1. The number of anilines is 1. The maximum absolute atomic E-state index is 12.5. The minimum absolute atomic E-state index is 0.157. The summed E-state index contributed by atoms with van der Waals surface area (Å²) in [5.41, 5.74) is 1.50. The summed E-state index contributed by atoms with van der Waals surface area (Å²) >= 11 is 7.45. The number of aromatic nitrogens is 3. The molecule has 31 heavy (non-hydrogen) atoms. The number of halogens is 1. The minimum atomic E-state index is -0.157. The Labute approximate surface area is 188 Å². The maximum Gasteiger partial charge on any atom is 0.234 e. The summed E-state index contributed by atoms with van der Waals surface area (Å²) < 4.78 is 12.6. The number of amides is 1. The second kappa shape index (κ2) is 9.72. The van der Waals surface area contributed by atoms with E-state index in [9.17, 15) is 4.79 Å². The largest absolute Gasteiger partial charge is 0.497 e.